The van der Waals surface area contributed by atoms with E-state index in [1.165, 1.54) is 32.7 Å². The van der Waals surface area contributed by atoms with Crippen molar-refractivity contribution < 1.29 is 4.42 Å². The van der Waals surface area contributed by atoms with Crippen LogP contribution in [0.15, 0.2) is 168 Å². The Kier molecular flexibility index (Phi) is 7.58. The van der Waals surface area contributed by atoms with Gasteiger partial charge in [0, 0.05) is 16.3 Å². The zero-order chi connectivity index (χ0) is 37.5. The van der Waals surface area contributed by atoms with Gasteiger partial charge in [0.1, 0.15) is 17.0 Å². The number of aromatic nitrogens is 2. The van der Waals surface area contributed by atoms with Crippen LogP contribution in [0.25, 0.3) is 93.6 Å². The smallest absolute Gasteiger partial charge is 0.135 e. The third kappa shape index (κ3) is 5.22. The lowest BCUT2D eigenvalue weighted by Crippen LogP contribution is -2.45. The summed E-state index contributed by atoms with van der Waals surface area (Å²) in [5.74, 6) is 0.253. The molecule has 0 N–H and O–H groups in total. The van der Waals surface area contributed by atoms with Crippen LogP contribution in [0.1, 0.15) is 5.82 Å². The van der Waals surface area contributed by atoms with E-state index in [1.54, 1.807) is 0 Å². The van der Waals surface area contributed by atoms with Crippen molar-refractivity contribution in [1.82, 2.24) is 9.55 Å². The summed E-state index contributed by atoms with van der Waals surface area (Å²) < 4.78 is 8.09. The number of imidazole rings is 1. The lowest BCUT2D eigenvalue weighted by molar-refractivity contribution is 0.669. The molecule has 2 heterocycles. The molecule has 0 unspecified atom stereocenters. The standard InChI is InChI=1S/C47H27B5N2O/c48-46(49,47(50,51)52)45-53-38-17-7-9-19-40(38)54(45)39-18-8-5-11-31(39)28-21-23-29(24-22-28)43-33-13-1-3-15-35(33)44(36-16-4-2-14-34(36)43)30-25-26-42-37(27-30)32-12-6-10-20-41(32)55-42/h1-27H. The Labute approximate surface area is 325 Å². The van der Waals surface area contributed by atoms with Gasteiger partial charge in [-0.2, -0.15) is 0 Å². The van der Waals surface area contributed by atoms with Crippen LogP contribution >= 0.6 is 0 Å². The normalized spacial score (nSPS) is 12.4. The highest BCUT2D eigenvalue weighted by atomic mass is 16.3. The van der Waals surface area contributed by atoms with Gasteiger partial charge in [-0.05, 0) is 85.8 Å². The van der Waals surface area contributed by atoms with Crippen molar-refractivity contribution in [3.63, 3.8) is 0 Å². The second kappa shape index (κ2) is 12.5. The largest absolute Gasteiger partial charge is 0.456 e. The summed E-state index contributed by atoms with van der Waals surface area (Å²) in [5.41, 5.74) is 10.6. The fourth-order valence-corrected chi connectivity index (χ4v) is 8.10. The summed E-state index contributed by atoms with van der Waals surface area (Å²) in [4.78, 5) is 4.80. The number of benzene rings is 8. The zero-order valence-electron chi connectivity index (χ0n) is 29.8. The highest BCUT2D eigenvalue weighted by Crippen LogP contribution is 2.46. The summed E-state index contributed by atoms with van der Waals surface area (Å²) in [7, 11) is 31.6. The first-order chi connectivity index (χ1) is 26.7. The highest BCUT2D eigenvalue weighted by molar-refractivity contribution is 6.67. The van der Waals surface area contributed by atoms with Gasteiger partial charge in [0.2, 0.25) is 0 Å². The maximum atomic E-state index is 6.59. The van der Waals surface area contributed by atoms with Gasteiger partial charge in [-0.15, -0.1) is 5.11 Å². The van der Waals surface area contributed by atoms with Gasteiger partial charge in [0.15, 0.2) is 0 Å². The van der Waals surface area contributed by atoms with Gasteiger partial charge in [-0.1, -0.05) is 133 Å². The molecule has 0 aliphatic heterocycles. The van der Waals surface area contributed by atoms with Gasteiger partial charge >= 0.3 is 0 Å². The van der Waals surface area contributed by atoms with Crippen LogP contribution in [0.2, 0.25) is 5.11 Å². The summed E-state index contributed by atoms with van der Waals surface area (Å²) in [5, 5.41) is 3.10. The second-order valence-corrected chi connectivity index (χ2v) is 14.3. The van der Waals surface area contributed by atoms with Crippen LogP contribution in [-0.2, 0) is 5.21 Å². The van der Waals surface area contributed by atoms with Crippen molar-refractivity contribution in [2.45, 2.75) is 10.3 Å². The third-order valence-electron chi connectivity index (χ3n) is 10.9. The molecule has 3 nitrogen and oxygen atoms in total. The minimum absolute atomic E-state index is 0.253. The maximum absolute atomic E-state index is 6.59. The molecule has 10 rings (SSSR count). The first-order valence-corrected chi connectivity index (χ1v) is 18.2. The first-order valence-electron chi connectivity index (χ1n) is 18.2. The topological polar surface area (TPSA) is 31.0 Å². The number of furan rings is 1. The molecule has 55 heavy (non-hydrogen) atoms. The number of rotatable bonds is 6. The summed E-state index contributed by atoms with van der Waals surface area (Å²) in [6.45, 7) is 0. The van der Waals surface area contributed by atoms with Gasteiger partial charge in [-0.3, -0.25) is 4.57 Å². The number of hydrogen-bond acceptors (Lipinski definition) is 2. The van der Waals surface area contributed by atoms with E-state index in [2.05, 4.69) is 109 Å². The monoisotopic (exact) mass is 690 g/mol. The SMILES string of the molecule is [B]C([B])([B])C([B])([B])c1nc2ccccc2n1-c1ccccc1-c1ccc(-c2c3ccccc3c(-c3ccc4oc5ccccc5c4c3)c3ccccc23)cc1. The van der Waals surface area contributed by atoms with E-state index in [9.17, 15) is 0 Å². The maximum Gasteiger partial charge on any atom is 0.135 e. The molecule has 246 valence electrons. The molecule has 8 heteroatoms. The Morgan fingerprint density at radius 2 is 0.964 bits per heavy atom. The van der Waals surface area contributed by atoms with E-state index in [4.69, 9.17) is 48.6 Å². The Morgan fingerprint density at radius 1 is 0.455 bits per heavy atom. The molecule has 0 atom stereocenters. The molecule has 8 aromatic carbocycles. The number of para-hydroxylation sites is 4. The van der Waals surface area contributed by atoms with Crippen LogP contribution in [0, 0.1) is 0 Å². The molecular formula is C47H27B5N2O. The van der Waals surface area contributed by atoms with Gasteiger partial charge in [0.25, 0.3) is 0 Å². The molecule has 0 aliphatic rings. The molecule has 0 aliphatic carbocycles. The highest BCUT2D eigenvalue weighted by Gasteiger charge is 2.37. The second-order valence-electron chi connectivity index (χ2n) is 14.3. The van der Waals surface area contributed by atoms with Gasteiger partial charge in [-0.25, -0.2) is 4.98 Å². The van der Waals surface area contributed by atoms with Crippen molar-refractivity contribution >= 4 is 93.7 Å². The van der Waals surface area contributed by atoms with Gasteiger partial charge < -0.3 is 4.42 Å². The summed E-state index contributed by atoms with van der Waals surface area (Å²) >= 11 is 0. The molecule has 0 amide bonds. The molecule has 0 saturated heterocycles. The minimum Gasteiger partial charge on any atom is -0.456 e. The van der Waals surface area contributed by atoms with Crippen LogP contribution in [-0.4, -0.2) is 48.8 Å². The Bertz CT molecular complexity index is 3060. The zero-order valence-corrected chi connectivity index (χ0v) is 29.8. The molecule has 2 aromatic heterocycles. The van der Waals surface area contributed by atoms with Crippen molar-refractivity contribution in [3.05, 3.63) is 170 Å². The molecule has 0 saturated carbocycles. The molecule has 0 fully saturated rings. The number of fused-ring (bicyclic) bond motifs is 6. The molecule has 0 spiro atoms. The van der Waals surface area contributed by atoms with E-state index in [0.717, 1.165) is 55.4 Å². The van der Waals surface area contributed by atoms with Crippen LogP contribution < -0.4 is 0 Å². The summed E-state index contributed by atoms with van der Waals surface area (Å²) in [6, 6.07) is 56.5. The molecule has 10 aromatic rings. The van der Waals surface area contributed by atoms with Gasteiger partial charge in [0.05, 0.1) is 56.0 Å². The molecular weight excluding hydrogens is 663 g/mol. The van der Waals surface area contributed by atoms with E-state index in [-0.39, 0.29) is 5.82 Å². The number of hydrogen-bond donors (Lipinski definition) is 0. The lowest BCUT2D eigenvalue weighted by atomic mass is 9.23. The number of nitrogens with zero attached hydrogens (tertiary/aromatic N) is 2. The fourth-order valence-electron chi connectivity index (χ4n) is 8.10. The van der Waals surface area contributed by atoms with Crippen molar-refractivity contribution in [2.24, 2.45) is 0 Å². The quantitative estimate of drug-likeness (QED) is 0.129. The van der Waals surface area contributed by atoms with Crippen LogP contribution in [0.3, 0.4) is 0 Å². The van der Waals surface area contributed by atoms with E-state index in [0.29, 0.717) is 5.52 Å². The van der Waals surface area contributed by atoms with E-state index < -0.39 is 10.3 Å². The minimum atomic E-state index is -1.95. The average molecular weight is 690 g/mol. The average Bonchev–Trinajstić information content (AvgIpc) is 3.79. The lowest BCUT2D eigenvalue weighted by Gasteiger charge is -2.41. The molecule has 10 radical (unpaired) electrons. The third-order valence-corrected chi connectivity index (χ3v) is 10.9. The van der Waals surface area contributed by atoms with Crippen molar-refractivity contribution in [1.29, 1.82) is 0 Å². The first kappa shape index (κ1) is 33.4. The van der Waals surface area contributed by atoms with Crippen molar-refractivity contribution in [3.8, 4) is 39.1 Å². The van der Waals surface area contributed by atoms with E-state index >= 15 is 0 Å². The predicted molar refractivity (Wildman–Crippen MR) is 233 cm³/mol. The van der Waals surface area contributed by atoms with E-state index in [1.807, 2.05) is 59.2 Å². The van der Waals surface area contributed by atoms with Crippen LogP contribution in [0.4, 0.5) is 0 Å². The molecule has 0 bridgehead atoms. The summed E-state index contributed by atoms with van der Waals surface area (Å²) in [6.07, 6.45) is 0. The Hall–Kier alpha value is -6.13. The van der Waals surface area contributed by atoms with Crippen LogP contribution in [0.5, 0.6) is 0 Å². The Balaban J connectivity index is 1.14. The Morgan fingerprint density at radius 3 is 1.64 bits per heavy atom. The van der Waals surface area contributed by atoms with Crippen molar-refractivity contribution in [2.75, 3.05) is 0 Å². The predicted octanol–water partition coefficient (Wildman–Crippen LogP) is 10.3. The fraction of sp³-hybridized carbons (Fsp3) is 0.0426.